The van der Waals surface area contributed by atoms with Crippen molar-refractivity contribution < 1.29 is 9.59 Å². The lowest BCUT2D eigenvalue weighted by atomic mass is 9.87. The summed E-state index contributed by atoms with van der Waals surface area (Å²) >= 11 is 0. The van der Waals surface area contributed by atoms with Crippen LogP contribution in [0.25, 0.3) is 22.3 Å². The number of amides is 2. The molecule has 0 unspecified atom stereocenters. The molecule has 0 aromatic heterocycles. The standard InChI is InChI=1S/C25H23NO2/c1-17-8-3-5-11-20(17)22-13-7-10-19(16-26-23(27)14-15-24(26)28)25(22)21-12-6-4-9-18(21)2/h3-13H,14-16H2,1-2H3. The number of nitrogens with zero attached hydrogens (tertiary/aromatic N) is 1. The van der Waals surface area contributed by atoms with Gasteiger partial charge in [0.1, 0.15) is 0 Å². The van der Waals surface area contributed by atoms with E-state index in [4.69, 9.17) is 0 Å². The fraction of sp³-hybridized carbons (Fsp3) is 0.200. The molecule has 3 nitrogen and oxygen atoms in total. The number of carbonyl (C=O) groups is 2. The van der Waals surface area contributed by atoms with Crippen LogP contribution >= 0.6 is 0 Å². The Morgan fingerprint density at radius 1 is 0.679 bits per heavy atom. The first-order valence-electron chi connectivity index (χ1n) is 9.63. The number of aryl methyl sites for hydroxylation is 2. The van der Waals surface area contributed by atoms with Gasteiger partial charge in [-0.2, -0.15) is 0 Å². The highest BCUT2D eigenvalue weighted by atomic mass is 16.2. The highest BCUT2D eigenvalue weighted by Gasteiger charge is 2.30. The molecule has 0 radical (unpaired) electrons. The van der Waals surface area contributed by atoms with Gasteiger partial charge in [-0.25, -0.2) is 0 Å². The molecule has 3 heteroatoms. The number of carbonyl (C=O) groups excluding carboxylic acids is 2. The van der Waals surface area contributed by atoms with E-state index in [1.165, 1.54) is 21.6 Å². The molecule has 140 valence electrons. The lowest BCUT2D eigenvalue weighted by Crippen LogP contribution is -2.28. The molecule has 1 fully saturated rings. The summed E-state index contributed by atoms with van der Waals surface area (Å²) in [6.45, 7) is 4.53. The first-order chi connectivity index (χ1) is 13.6. The SMILES string of the molecule is Cc1ccccc1-c1cccc(CN2C(=O)CCC2=O)c1-c1ccccc1C. The highest BCUT2D eigenvalue weighted by Crippen LogP contribution is 2.38. The minimum atomic E-state index is -0.0815. The van der Waals surface area contributed by atoms with Crippen LogP contribution in [0.1, 0.15) is 29.5 Å². The Hall–Kier alpha value is -3.20. The molecule has 0 bridgehead atoms. The average Bonchev–Trinajstić information content (AvgIpc) is 3.01. The van der Waals surface area contributed by atoms with Crippen LogP contribution in [-0.4, -0.2) is 16.7 Å². The molecule has 0 atom stereocenters. The number of rotatable bonds is 4. The van der Waals surface area contributed by atoms with E-state index in [2.05, 4.69) is 44.2 Å². The van der Waals surface area contributed by atoms with Crippen LogP contribution in [0.3, 0.4) is 0 Å². The topological polar surface area (TPSA) is 37.4 Å². The van der Waals surface area contributed by atoms with Crippen LogP contribution < -0.4 is 0 Å². The molecule has 4 rings (SSSR count). The van der Waals surface area contributed by atoms with Gasteiger partial charge in [0.25, 0.3) is 0 Å². The average molecular weight is 369 g/mol. The van der Waals surface area contributed by atoms with Crippen LogP contribution in [0, 0.1) is 13.8 Å². The second-order valence-corrected chi connectivity index (χ2v) is 7.34. The number of hydrogen-bond acceptors (Lipinski definition) is 2. The van der Waals surface area contributed by atoms with E-state index in [0.29, 0.717) is 19.4 Å². The van der Waals surface area contributed by atoms with Gasteiger partial charge in [0, 0.05) is 12.8 Å². The van der Waals surface area contributed by atoms with Crippen LogP contribution in [0.15, 0.2) is 66.7 Å². The number of hydrogen-bond donors (Lipinski definition) is 0. The molecule has 3 aromatic rings. The minimum absolute atomic E-state index is 0.0815. The van der Waals surface area contributed by atoms with Gasteiger partial charge >= 0.3 is 0 Å². The molecule has 0 aliphatic carbocycles. The Balaban J connectivity index is 1.93. The zero-order valence-corrected chi connectivity index (χ0v) is 16.2. The first kappa shape index (κ1) is 18.2. The molecule has 1 heterocycles. The summed E-state index contributed by atoms with van der Waals surface area (Å²) in [5, 5.41) is 0. The zero-order valence-electron chi connectivity index (χ0n) is 16.2. The van der Waals surface area contributed by atoms with E-state index in [9.17, 15) is 9.59 Å². The van der Waals surface area contributed by atoms with E-state index in [0.717, 1.165) is 22.3 Å². The lowest BCUT2D eigenvalue weighted by Gasteiger charge is -2.21. The smallest absolute Gasteiger partial charge is 0.229 e. The Bertz CT molecular complexity index is 1050. The Labute approximate surface area is 165 Å². The van der Waals surface area contributed by atoms with Crippen LogP contribution in [-0.2, 0) is 16.1 Å². The molecule has 3 aromatic carbocycles. The van der Waals surface area contributed by atoms with Gasteiger partial charge in [0.15, 0.2) is 0 Å². The summed E-state index contributed by atoms with van der Waals surface area (Å²) in [5.74, 6) is -0.163. The molecule has 0 spiro atoms. The van der Waals surface area contributed by atoms with Crippen LogP contribution in [0.2, 0.25) is 0 Å². The van der Waals surface area contributed by atoms with Crippen molar-refractivity contribution in [2.24, 2.45) is 0 Å². The van der Waals surface area contributed by atoms with E-state index in [1.54, 1.807) is 0 Å². The normalized spacial score (nSPS) is 14.0. The van der Waals surface area contributed by atoms with Crippen molar-refractivity contribution in [3.8, 4) is 22.3 Å². The van der Waals surface area contributed by atoms with E-state index in [1.807, 2.05) is 36.4 Å². The van der Waals surface area contributed by atoms with Gasteiger partial charge < -0.3 is 0 Å². The van der Waals surface area contributed by atoms with Crippen LogP contribution in [0.4, 0.5) is 0 Å². The minimum Gasteiger partial charge on any atom is -0.278 e. The number of imide groups is 1. The summed E-state index contributed by atoms with van der Waals surface area (Å²) in [6, 6.07) is 22.8. The predicted molar refractivity (Wildman–Crippen MR) is 112 cm³/mol. The summed E-state index contributed by atoms with van der Waals surface area (Å²) in [6.07, 6.45) is 0.631. The maximum atomic E-state index is 12.2. The van der Waals surface area contributed by atoms with Crippen molar-refractivity contribution in [2.75, 3.05) is 0 Å². The number of benzene rings is 3. The van der Waals surface area contributed by atoms with Crippen molar-refractivity contribution in [1.29, 1.82) is 0 Å². The summed E-state index contributed by atoms with van der Waals surface area (Å²) in [4.78, 5) is 25.8. The molecule has 1 aliphatic rings. The van der Waals surface area contributed by atoms with Crippen molar-refractivity contribution >= 4 is 11.8 Å². The highest BCUT2D eigenvalue weighted by molar-refractivity contribution is 6.02. The molecule has 28 heavy (non-hydrogen) atoms. The van der Waals surface area contributed by atoms with Crippen molar-refractivity contribution in [3.63, 3.8) is 0 Å². The van der Waals surface area contributed by atoms with Gasteiger partial charge in [0.05, 0.1) is 6.54 Å². The second kappa shape index (κ2) is 7.43. The Morgan fingerprint density at radius 3 is 1.82 bits per heavy atom. The van der Waals surface area contributed by atoms with Gasteiger partial charge in [-0.3, -0.25) is 14.5 Å². The molecule has 0 N–H and O–H groups in total. The summed E-state index contributed by atoms with van der Waals surface area (Å²) in [7, 11) is 0. The Morgan fingerprint density at radius 2 is 1.21 bits per heavy atom. The quantitative estimate of drug-likeness (QED) is 0.586. The van der Waals surface area contributed by atoms with E-state index >= 15 is 0 Å². The summed E-state index contributed by atoms with van der Waals surface area (Å²) in [5.41, 5.74) is 7.90. The third-order valence-corrected chi connectivity index (χ3v) is 5.48. The molecular formula is C25H23NO2. The van der Waals surface area contributed by atoms with Gasteiger partial charge in [-0.05, 0) is 52.8 Å². The monoisotopic (exact) mass is 369 g/mol. The fourth-order valence-electron chi connectivity index (χ4n) is 3.97. The largest absolute Gasteiger partial charge is 0.278 e. The van der Waals surface area contributed by atoms with Gasteiger partial charge in [-0.1, -0.05) is 66.7 Å². The maximum Gasteiger partial charge on any atom is 0.229 e. The number of likely N-dealkylation sites (tertiary alicyclic amines) is 1. The van der Waals surface area contributed by atoms with Crippen molar-refractivity contribution in [1.82, 2.24) is 4.90 Å². The molecule has 1 saturated heterocycles. The lowest BCUT2D eigenvalue weighted by molar-refractivity contribution is -0.139. The molecule has 0 saturated carbocycles. The maximum absolute atomic E-state index is 12.2. The molecule has 2 amide bonds. The summed E-state index contributed by atoms with van der Waals surface area (Å²) < 4.78 is 0. The fourth-order valence-corrected chi connectivity index (χ4v) is 3.97. The second-order valence-electron chi connectivity index (χ2n) is 7.34. The van der Waals surface area contributed by atoms with Crippen molar-refractivity contribution in [2.45, 2.75) is 33.2 Å². The van der Waals surface area contributed by atoms with Crippen molar-refractivity contribution in [3.05, 3.63) is 83.4 Å². The van der Waals surface area contributed by atoms with E-state index < -0.39 is 0 Å². The third kappa shape index (κ3) is 3.24. The Kier molecular flexibility index (Phi) is 4.82. The first-order valence-corrected chi connectivity index (χ1v) is 9.63. The van der Waals surface area contributed by atoms with E-state index in [-0.39, 0.29) is 11.8 Å². The van der Waals surface area contributed by atoms with Gasteiger partial charge in [-0.15, -0.1) is 0 Å². The predicted octanol–water partition coefficient (Wildman–Crippen LogP) is 5.29. The molecular weight excluding hydrogens is 346 g/mol. The zero-order chi connectivity index (χ0) is 19.7. The van der Waals surface area contributed by atoms with Crippen LogP contribution in [0.5, 0.6) is 0 Å². The molecule has 1 aliphatic heterocycles. The van der Waals surface area contributed by atoms with Gasteiger partial charge in [0.2, 0.25) is 11.8 Å². The third-order valence-electron chi connectivity index (χ3n) is 5.48.